The molecule has 2 aromatic rings. The molecule has 30 heavy (non-hydrogen) atoms. The van der Waals surface area contributed by atoms with Gasteiger partial charge in [-0.25, -0.2) is 9.78 Å². The summed E-state index contributed by atoms with van der Waals surface area (Å²) in [5.41, 5.74) is 0.452. The van der Waals surface area contributed by atoms with E-state index in [0.717, 1.165) is 50.8 Å². The molecule has 0 unspecified atom stereocenters. The van der Waals surface area contributed by atoms with Crippen molar-refractivity contribution in [3.05, 3.63) is 40.7 Å². The lowest BCUT2D eigenvalue weighted by molar-refractivity contribution is 0.0991. The number of aromatic nitrogens is 2. The summed E-state index contributed by atoms with van der Waals surface area (Å²) in [4.78, 5) is 31.7. The van der Waals surface area contributed by atoms with Gasteiger partial charge >= 0.3 is 6.09 Å². The molecule has 1 fully saturated rings. The number of fused-ring (bicyclic) bond motifs is 1. The van der Waals surface area contributed by atoms with E-state index in [0.29, 0.717) is 28.8 Å². The number of carbonyl (C=O) groups is 2. The molecule has 0 radical (unpaired) electrons. The van der Waals surface area contributed by atoms with E-state index < -0.39 is 6.09 Å². The minimum Gasteiger partial charge on any atom is -0.389 e. The quantitative estimate of drug-likeness (QED) is 0.770. The number of halogens is 1. The Morgan fingerprint density at radius 3 is 2.77 bits per heavy atom. The van der Waals surface area contributed by atoms with Crippen LogP contribution in [0.25, 0.3) is 0 Å². The first-order valence-electron chi connectivity index (χ1n) is 10.6. The summed E-state index contributed by atoms with van der Waals surface area (Å²) in [7, 11) is 1.64. The molecule has 0 saturated heterocycles. The molecule has 4 rings (SSSR count). The van der Waals surface area contributed by atoms with E-state index in [9.17, 15) is 9.59 Å². The first-order valence-corrected chi connectivity index (χ1v) is 11.0. The van der Waals surface area contributed by atoms with Crippen molar-refractivity contribution in [2.45, 2.75) is 64.0 Å². The van der Waals surface area contributed by atoms with Crippen LogP contribution in [0.1, 0.15) is 61.1 Å². The number of anilines is 1. The van der Waals surface area contributed by atoms with Crippen LogP contribution < -0.4 is 15.0 Å². The summed E-state index contributed by atoms with van der Waals surface area (Å²) in [6, 6.07) is 6.92. The molecule has 0 atom stereocenters. The summed E-state index contributed by atoms with van der Waals surface area (Å²) in [6.45, 7) is 0.716. The molecule has 1 aromatic carbocycles. The Hall–Kier alpha value is -2.54. The molecule has 1 aromatic heterocycles. The monoisotopic (exact) mass is 430 g/mol. The maximum atomic E-state index is 13.0. The summed E-state index contributed by atoms with van der Waals surface area (Å²) in [6.07, 6.45) is 7.71. The third-order valence-electron chi connectivity index (χ3n) is 5.83. The van der Waals surface area contributed by atoms with Gasteiger partial charge in [-0.05, 0) is 43.9 Å². The highest BCUT2D eigenvalue weighted by Gasteiger charge is 2.29. The normalized spacial score (nSPS) is 16.6. The Morgan fingerprint density at radius 1 is 1.20 bits per heavy atom. The summed E-state index contributed by atoms with van der Waals surface area (Å²) < 4.78 is 7.67. The molecule has 1 aliphatic carbocycles. The molecule has 0 bridgehead atoms. The van der Waals surface area contributed by atoms with E-state index in [4.69, 9.17) is 16.3 Å². The van der Waals surface area contributed by atoms with Gasteiger partial charge in [-0.3, -0.25) is 14.3 Å². The van der Waals surface area contributed by atoms with Gasteiger partial charge < -0.3 is 10.1 Å². The number of rotatable bonds is 4. The van der Waals surface area contributed by atoms with Gasteiger partial charge in [-0.15, -0.1) is 0 Å². The molecular weight excluding hydrogens is 404 g/mol. The Morgan fingerprint density at radius 2 is 2.00 bits per heavy atom. The van der Waals surface area contributed by atoms with Crippen LogP contribution in [0.15, 0.2) is 24.3 Å². The predicted octanol–water partition coefficient (Wildman–Crippen LogP) is 4.57. The molecule has 0 spiro atoms. The zero-order valence-electron chi connectivity index (χ0n) is 17.2. The molecular formula is C22H27ClN4O3. The number of amides is 2. The van der Waals surface area contributed by atoms with Crippen molar-refractivity contribution in [3.8, 4) is 5.88 Å². The molecule has 2 heterocycles. The molecule has 1 N–H and O–H groups in total. The maximum absolute atomic E-state index is 13.0. The van der Waals surface area contributed by atoms with E-state index in [1.165, 1.54) is 11.3 Å². The van der Waals surface area contributed by atoms with Crippen molar-refractivity contribution in [2.75, 3.05) is 11.9 Å². The maximum Gasteiger partial charge on any atom is 0.414 e. The fourth-order valence-electron chi connectivity index (χ4n) is 4.20. The third kappa shape index (κ3) is 4.46. The highest BCUT2D eigenvalue weighted by atomic mass is 35.5. The van der Waals surface area contributed by atoms with Gasteiger partial charge in [0.05, 0.1) is 0 Å². The van der Waals surface area contributed by atoms with Gasteiger partial charge in [-0.2, -0.15) is 0 Å². The van der Waals surface area contributed by atoms with E-state index in [-0.39, 0.29) is 11.9 Å². The number of aryl methyl sites for hydroxylation is 1. The van der Waals surface area contributed by atoms with Crippen LogP contribution in [0, 0.1) is 0 Å². The topological polar surface area (TPSA) is 76.5 Å². The summed E-state index contributed by atoms with van der Waals surface area (Å²) in [5, 5.41) is 3.46. The number of imidazole rings is 1. The van der Waals surface area contributed by atoms with Crippen LogP contribution in [0.5, 0.6) is 5.88 Å². The Labute approximate surface area is 181 Å². The molecule has 1 saturated carbocycles. The van der Waals surface area contributed by atoms with Crippen LogP contribution in [-0.2, 0) is 13.0 Å². The molecule has 8 heteroatoms. The Kier molecular flexibility index (Phi) is 6.27. The Bertz CT molecular complexity index is 936. The van der Waals surface area contributed by atoms with Gasteiger partial charge in [0, 0.05) is 36.6 Å². The van der Waals surface area contributed by atoms with E-state index in [1.54, 1.807) is 31.3 Å². The van der Waals surface area contributed by atoms with Gasteiger partial charge in [0.2, 0.25) is 5.88 Å². The number of hydrogen-bond acceptors (Lipinski definition) is 4. The number of carbonyl (C=O) groups excluding carboxylic acids is 2. The molecule has 160 valence electrons. The van der Waals surface area contributed by atoms with Crippen molar-refractivity contribution in [3.63, 3.8) is 0 Å². The minimum atomic E-state index is -0.486. The van der Waals surface area contributed by atoms with E-state index in [1.807, 2.05) is 4.57 Å². The zero-order chi connectivity index (χ0) is 21.1. The molecule has 2 amide bonds. The number of hydrogen-bond donors (Lipinski definition) is 1. The first kappa shape index (κ1) is 20.7. The van der Waals surface area contributed by atoms with Crippen LogP contribution in [0.2, 0.25) is 5.02 Å². The predicted molar refractivity (Wildman–Crippen MR) is 115 cm³/mol. The molecule has 2 aliphatic rings. The highest BCUT2D eigenvalue weighted by molar-refractivity contribution is 6.31. The van der Waals surface area contributed by atoms with Gasteiger partial charge in [-0.1, -0.05) is 36.9 Å². The van der Waals surface area contributed by atoms with Crippen molar-refractivity contribution in [2.24, 2.45) is 0 Å². The average molecular weight is 431 g/mol. The third-order valence-corrected chi connectivity index (χ3v) is 6.06. The second-order valence-electron chi connectivity index (χ2n) is 8.01. The summed E-state index contributed by atoms with van der Waals surface area (Å²) in [5.74, 6) is 1.26. The van der Waals surface area contributed by atoms with Crippen molar-refractivity contribution in [1.29, 1.82) is 0 Å². The second kappa shape index (κ2) is 9.08. The van der Waals surface area contributed by atoms with Crippen molar-refractivity contribution in [1.82, 2.24) is 14.9 Å². The van der Waals surface area contributed by atoms with Gasteiger partial charge in [0.1, 0.15) is 5.82 Å². The minimum absolute atomic E-state index is 0.143. The van der Waals surface area contributed by atoms with Crippen LogP contribution in [0.4, 0.5) is 10.6 Å². The number of nitrogens with zero attached hydrogens (tertiary/aromatic N) is 3. The van der Waals surface area contributed by atoms with Gasteiger partial charge in [0.15, 0.2) is 5.82 Å². The fraction of sp³-hybridized carbons (Fsp3) is 0.500. The zero-order valence-corrected chi connectivity index (χ0v) is 18.0. The number of benzene rings is 1. The highest BCUT2D eigenvalue weighted by Crippen LogP contribution is 2.33. The van der Waals surface area contributed by atoms with Crippen molar-refractivity contribution >= 4 is 29.4 Å². The number of ether oxygens (including phenoxy) is 1. The average Bonchev–Trinajstić information content (AvgIpc) is 3.11. The van der Waals surface area contributed by atoms with E-state index in [2.05, 4.69) is 10.3 Å². The van der Waals surface area contributed by atoms with Crippen molar-refractivity contribution < 1.29 is 14.3 Å². The lowest BCUT2D eigenvalue weighted by Crippen LogP contribution is -2.38. The lowest BCUT2D eigenvalue weighted by Gasteiger charge is -2.23. The smallest absolute Gasteiger partial charge is 0.389 e. The standard InChI is InChI=1S/C22H27ClN4O3/c1-26(20(28)15-8-7-9-16(23)14-15)19-21(27-13-6-5-12-18(27)25-19)30-22(29)24-17-10-3-2-4-11-17/h7-9,14,17H,2-6,10-13H2,1H3,(H,24,29). The largest absolute Gasteiger partial charge is 0.414 e. The summed E-state index contributed by atoms with van der Waals surface area (Å²) >= 11 is 6.05. The number of nitrogens with one attached hydrogen (secondary N) is 1. The van der Waals surface area contributed by atoms with Crippen LogP contribution in [-0.4, -0.2) is 34.6 Å². The lowest BCUT2D eigenvalue weighted by atomic mass is 9.96. The SMILES string of the molecule is CN(C(=O)c1cccc(Cl)c1)c1nc2n(c1OC(=O)NC1CCCCC1)CCCC2. The first-order chi connectivity index (χ1) is 14.5. The Balaban J connectivity index is 1.58. The fourth-order valence-corrected chi connectivity index (χ4v) is 4.39. The van der Waals surface area contributed by atoms with Crippen LogP contribution >= 0.6 is 11.6 Å². The van der Waals surface area contributed by atoms with Crippen LogP contribution in [0.3, 0.4) is 0 Å². The molecule has 7 nitrogen and oxygen atoms in total. The van der Waals surface area contributed by atoms with E-state index >= 15 is 0 Å². The van der Waals surface area contributed by atoms with Gasteiger partial charge in [0.25, 0.3) is 5.91 Å². The molecule has 1 aliphatic heterocycles. The second-order valence-corrected chi connectivity index (χ2v) is 8.45.